The molecule has 3 heteroatoms. The van der Waals surface area contributed by atoms with Crippen molar-refractivity contribution >= 4 is 18.5 Å². The van der Waals surface area contributed by atoms with Crippen molar-refractivity contribution in [2.24, 2.45) is 4.99 Å². The molecule has 0 saturated heterocycles. The van der Waals surface area contributed by atoms with Crippen LogP contribution in [0, 0.1) is 0 Å². The monoisotopic (exact) mass is 142 g/mol. The second-order valence-corrected chi connectivity index (χ2v) is 3.17. The summed E-state index contributed by atoms with van der Waals surface area (Å²) in [5.41, 5.74) is 0. The van der Waals surface area contributed by atoms with E-state index >= 15 is 0 Å². The summed E-state index contributed by atoms with van der Waals surface area (Å²) in [5.74, 6) is 0.912. The summed E-state index contributed by atoms with van der Waals surface area (Å²) in [6, 6.07) is 0. The minimum Gasteiger partial charge on any atom is -0.351 e. The van der Waals surface area contributed by atoms with Crippen LogP contribution in [0.1, 0.15) is 13.8 Å². The largest absolute Gasteiger partial charge is 0.351 e. The lowest BCUT2D eigenvalue weighted by Crippen LogP contribution is -2.25. The molecular formula is C6H10N2S. The van der Waals surface area contributed by atoms with Crippen LogP contribution >= 0.6 is 12.6 Å². The Labute approximate surface area is 60.5 Å². The van der Waals surface area contributed by atoms with Crippen LogP contribution < -0.4 is 5.32 Å². The molecule has 0 bridgehead atoms. The second kappa shape index (κ2) is 2.06. The van der Waals surface area contributed by atoms with Crippen molar-refractivity contribution in [1.29, 1.82) is 0 Å². The van der Waals surface area contributed by atoms with Gasteiger partial charge in [0.25, 0.3) is 0 Å². The summed E-state index contributed by atoms with van der Waals surface area (Å²) >= 11 is 4.26. The molecule has 1 aliphatic heterocycles. The first-order valence-electron chi connectivity index (χ1n) is 2.83. The van der Waals surface area contributed by atoms with Crippen molar-refractivity contribution in [1.82, 2.24) is 5.32 Å². The molecule has 1 heterocycles. The van der Waals surface area contributed by atoms with Crippen LogP contribution in [0.2, 0.25) is 0 Å². The number of nitrogens with zero attached hydrogens (tertiary/aromatic N) is 1. The smallest absolute Gasteiger partial charge is 0.122 e. The summed E-state index contributed by atoms with van der Waals surface area (Å²) < 4.78 is 0. The van der Waals surface area contributed by atoms with Gasteiger partial charge in [0.05, 0.1) is 5.84 Å². The topological polar surface area (TPSA) is 24.4 Å². The molecule has 2 nitrogen and oxygen atoms in total. The molecule has 0 fully saturated rings. The van der Waals surface area contributed by atoms with Gasteiger partial charge in [0, 0.05) is 6.20 Å². The van der Waals surface area contributed by atoms with Gasteiger partial charge in [-0.3, -0.25) is 4.99 Å². The van der Waals surface area contributed by atoms with Crippen molar-refractivity contribution in [3.63, 3.8) is 0 Å². The fourth-order valence-electron chi connectivity index (χ4n) is 0.729. The normalized spacial score (nSPS) is 33.4. The SMILES string of the molecule is CC1=NC(C)(S)C=CN1. The van der Waals surface area contributed by atoms with E-state index < -0.39 is 0 Å². The minimum absolute atomic E-state index is 0.310. The number of aliphatic imine (C=N–C) groups is 1. The zero-order valence-corrected chi connectivity index (χ0v) is 6.44. The quantitative estimate of drug-likeness (QED) is 0.487. The van der Waals surface area contributed by atoms with Crippen LogP contribution in [0.4, 0.5) is 0 Å². The van der Waals surface area contributed by atoms with Crippen molar-refractivity contribution in [2.75, 3.05) is 0 Å². The lowest BCUT2D eigenvalue weighted by Gasteiger charge is -2.18. The molecule has 0 aromatic carbocycles. The van der Waals surface area contributed by atoms with Crippen LogP contribution in [0.15, 0.2) is 17.3 Å². The van der Waals surface area contributed by atoms with Crippen LogP contribution in [0.5, 0.6) is 0 Å². The molecule has 1 aliphatic rings. The molecule has 0 radical (unpaired) electrons. The molecule has 1 rings (SSSR count). The molecule has 0 aliphatic carbocycles. The summed E-state index contributed by atoms with van der Waals surface area (Å²) in [6.45, 7) is 3.86. The molecule has 0 aromatic rings. The van der Waals surface area contributed by atoms with Crippen molar-refractivity contribution in [2.45, 2.75) is 18.7 Å². The van der Waals surface area contributed by atoms with Gasteiger partial charge in [-0.1, -0.05) is 0 Å². The van der Waals surface area contributed by atoms with Gasteiger partial charge in [0.1, 0.15) is 4.87 Å². The molecule has 50 valence electrons. The first-order valence-corrected chi connectivity index (χ1v) is 3.28. The Kier molecular flexibility index (Phi) is 1.53. The Balaban J connectivity index is 2.78. The van der Waals surface area contributed by atoms with Crippen molar-refractivity contribution in [3.05, 3.63) is 12.3 Å². The van der Waals surface area contributed by atoms with E-state index in [1.807, 2.05) is 26.1 Å². The predicted molar refractivity (Wildman–Crippen MR) is 42.8 cm³/mol. The van der Waals surface area contributed by atoms with E-state index in [-0.39, 0.29) is 4.87 Å². The predicted octanol–water partition coefficient (Wildman–Crippen LogP) is 1.17. The third kappa shape index (κ3) is 1.75. The first kappa shape index (κ1) is 6.68. The van der Waals surface area contributed by atoms with Gasteiger partial charge in [-0.2, -0.15) is 0 Å². The van der Waals surface area contributed by atoms with Gasteiger partial charge >= 0.3 is 0 Å². The van der Waals surface area contributed by atoms with E-state index in [0.717, 1.165) is 5.84 Å². The lowest BCUT2D eigenvalue weighted by atomic mass is 10.3. The van der Waals surface area contributed by atoms with Gasteiger partial charge in [0.15, 0.2) is 0 Å². The number of amidine groups is 1. The molecule has 0 aromatic heterocycles. The number of thiol groups is 1. The van der Waals surface area contributed by atoms with Crippen LogP contribution in [0.25, 0.3) is 0 Å². The Morgan fingerprint density at radius 1 is 1.78 bits per heavy atom. The maximum absolute atomic E-state index is 4.26. The van der Waals surface area contributed by atoms with E-state index in [1.54, 1.807) is 0 Å². The number of hydrogen-bond acceptors (Lipinski definition) is 3. The highest BCUT2D eigenvalue weighted by molar-refractivity contribution is 7.82. The Morgan fingerprint density at radius 2 is 2.44 bits per heavy atom. The van der Waals surface area contributed by atoms with E-state index in [9.17, 15) is 0 Å². The Bertz CT molecular complexity index is 170. The highest BCUT2D eigenvalue weighted by atomic mass is 32.1. The maximum atomic E-state index is 4.26. The molecule has 0 amide bonds. The zero-order chi connectivity index (χ0) is 6.91. The number of nitrogens with one attached hydrogen (secondary N) is 1. The van der Waals surface area contributed by atoms with Crippen molar-refractivity contribution in [3.8, 4) is 0 Å². The zero-order valence-electron chi connectivity index (χ0n) is 5.55. The minimum atomic E-state index is -0.310. The second-order valence-electron chi connectivity index (χ2n) is 2.27. The first-order chi connectivity index (χ1) is 4.10. The van der Waals surface area contributed by atoms with Crippen LogP contribution in [-0.4, -0.2) is 10.7 Å². The molecule has 9 heavy (non-hydrogen) atoms. The fourth-order valence-corrected chi connectivity index (χ4v) is 0.954. The highest BCUT2D eigenvalue weighted by Crippen LogP contribution is 2.18. The van der Waals surface area contributed by atoms with Crippen LogP contribution in [-0.2, 0) is 0 Å². The van der Waals surface area contributed by atoms with Gasteiger partial charge in [-0.05, 0) is 19.9 Å². The Morgan fingerprint density at radius 3 is 2.78 bits per heavy atom. The standard InChI is InChI=1S/C6H10N2S/c1-5-7-4-3-6(2,9)8-5/h3-4,9H,1-2H3,(H,7,8). The van der Waals surface area contributed by atoms with Gasteiger partial charge in [-0.25, -0.2) is 0 Å². The highest BCUT2D eigenvalue weighted by Gasteiger charge is 2.14. The van der Waals surface area contributed by atoms with Crippen molar-refractivity contribution < 1.29 is 0 Å². The fraction of sp³-hybridized carbons (Fsp3) is 0.500. The van der Waals surface area contributed by atoms with Gasteiger partial charge < -0.3 is 5.32 Å². The average molecular weight is 142 g/mol. The van der Waals surface area contributed by atoms with Gasteiger partial charge in [-0.15, -0.1) is 12.6 Å². The average Bonchev–Trinajstić information content (AvgIpc) is 1.60. The maximum Gasteiger partial charge on any atom is 0.122 e. The molecule has 1 unspecified atom stereocenters. The van der Waals surface area contributed by atoms with E-state index in [4.69, 9.17) is 0 Å². The molecule has 0 saturated carbocycles. The third-order valence-corrected chi connectivity index (χ3v) is 1.33. The Hall–Kier alpha value is -0.440. The van der Waals surface area contributed by atoms with Gasteiger partial charge in [0.2, 0.25) is 0 Å². The summed E-state index contributed by atoms with van der Waals surface area (Å²) in [7, 11) is 0. The third-order valence-electron chi connectivity index (χ3n) is 1.09. The van der Waals surface area contributed by atoms with E-state index in [2.05, 4.69) is 22.9 Å². The summed E-state index contributed by atoms with van der Waals surface area (Å²) in [4.78, 5) is 3.89. The molecule has 1 N–H and O–H groups in total. The summed E-state index contributed by atoms with van der Waals surface area (Å²) in [5, 5.41) is 2.96. The molecular weight excluding hydrogens is 132 g/mol. The van der Waals surface area contributed by atoms with E-state index in [0.29, 0.717) is 0 Å². The van der Waals surface area contributed by atoms with E-state index in [1.165, 1.54) is 0 Å². The van der Waals surface area contributed by atoms with Crippen LogP contribution in [0.3, 0.4) is 0 Å². The lowest BCUT2D eigenvalue weighted by molar-refractivity contribution is 0.822. The summed E-state index contributed by atoms with van der Waals surface area (Å²) in [6.07, 6.45) is 3.76. The number of hydrogen-bond donors (Lipinski definition) is 2. The molecule has 0 spiro atoms. The molecule has 1 atom stereocenters. The number of rotatable bonds is 0.